The van der Waals surface area contributed by atoms with E-state index >= 15 is 0 Å². The molecule has 20 heavy (non-hydrogen) atoms. The Hall–Kier alpha value is -1.98. The van der Waals surface area contributed by atoms with Gasteiger partial charge in [0.05, 0.1) is 5.92 Å². The Morgan fingerprint density at radius 1 is 1.20 bits per heavy atom. The molecule has 2 atom stereocenters. The molecule has 6 nitrogen and oxygen atoms in total. The van der Waals surface area contributed by atoms with Crippen LogP contribution in [0.15, 0.2) is 6.07 Å². The molecule has 1 aliphatic rings. The monoisotopic (exact) mass is 277 g/mol. The topological polar surface area (TPSA) is 92.2 Å². The van der Waals surface area contributed by atoms with Crippen molar-refractivity contribution in [1.29, 1.82) is 0 Å². The van der Waals surface area contributed by atoms with E-state index < -0.39 is 11.9 Å². The van der Waals surface area contributed by atoms with E-state index in [-0.39, 0.29) is 11.8 Å². The molecule has 1 amide bonds. The highest BCUT2D eigenvalue weighted by Crippen LogP contribution is 2.29. The van der Waals surface area contributed by atoms with Crippen LogP contribution >= 0.6 is 0 Å². The number of hydrogen-bond donors (Lipinski definition) is 2. The summed E-state index contributed by atoms with van der Waals surface area (Å²) >= 11 is 0. The lowest BCUT2D eigenvalue weighted by Gasteiger charge is -2.25. The number of carbonyl (C=O) groups is 2. The molecule has 0 bridgehead atoms. The van der Waals surface area contributed by atoms with E-state index in [1.54, 1.807) is 0 Å². The first-order valence-corrected chi connectivity index (χ1v) is 6.81. The first kappa shape index (κ1) is 14.4. The second-order valence-electron chi connectivity index (χ2n) is 5.36. The second kappa shape index (κ2) is 5.98. The molecular weight excluding hydrogens is 258 g/mol. The number of anilines is 1. The lowest BCUT2D eigenvalue weighted by molar-refractivity contribution is -0.143. The zero-order valence-corrected chi connectivity index (χ0v) is 11.7. The van der Waals surface area contributed by atoms with E-state index in [2.05, 4.69) is 15.3 Å². The maximum atomic E-state index is 12.2. The van der Waals surface area contributed by atoms with Gasteiger partial charge in [0.15, 0.2) is 0 Å². The number of carboxylic acid groups (broad SMARTS) is 1. The third kappa shape index (κ3) is 3.53. The van der Waals surface area contributed by atoms with Crippen molar-refractivity contribution in [1.82, 2.24) is 9.97 Å². The van der Waals surface area contributed by atoms with Gasteiger partial charge in [0.2, 0.25) is 11.9 Å². The van der Waals surface area contributed by atoms with Gasteiger partial charge in [-0.05, 0) is 39.2 Å². The molecule has 0 aromatic carbocycles. The maximum Gasteiger partial charge on any atom is 0.306 e. The first-order chi connectivity index (χ1) is 9.45. The van der Waals surface area contributed by atoms with Gasteiger partial charge < -0.3 is 5.11 Å². The van der Waals surface area contributed by atoms with Crippen molar-refractivity contribution in [3.05, 3.63) is 17.5 Å². The highest BCUT2D eigenvalue weighted by molar-refractivity contribution is 5.91. The van der Waals surface area contributed by atoms with Gasteiger partial charge in [0.25, 0.3) is 0 Å². The molecule has 1 saturated carbocycles. The van der Waals surface area contributed by atoms with Gasteiger partial charge in [-0.3, -0.25) is 14.9 Å². The van der Waals surface area contributed by atoms with Crippen LogP contribution in [0.3, 0.4) is 0 Å². The Morgan fingerprint density at radius 2 is 1.80 bits per heavy atom. The molecule has 6 heteroatoms. The standard InChI is InChI=1S/C14H19N3O3/c1-8-6-9(2)16-14(15-8)17-12(18)10-4-3-5-11(7-10)13(19)20/h6,10-11H,3-5,7H2,1-2H3,(H,19,20)(H,15,16,17,18). The molecule has 1 aromatic rings. The molecule has 2 N–H and O–H groups in total. The fourth-order valence-electron chi connectivity index (χ4n) is 2.65. The third-order valence-electron chi connectivity index (χ3n) is 3.61. The molecule has 2 unspecified atom stereocenters. The van der Waals surface area contributed by atoms with Crippen molar-refractivity contribution in [2.75, 3.05) is 5.32 Å². The van der Waals surface area contributed by atoms with Crippen LogP contribution < -0.4 is 5.32 Å². The van der Waals surface area contributed by atoms with Crippen LogP contribution in [0.4, 0.5) is 5.95 Å². The summed E-state index contributed by atoms with van der Waals surface area (Å²) < 4.78 is 0. The number of rotatable bonds is 3. The summed E-state index contributed by atoms with van der Waals surface area (Å²) in [7, 11) is 0. The zero-order valence-electron chi connectivity index (χ0n) is 11.7. The van der Waals surface area contributed by atoms with E-state index in [1.807, 2.05) is 19.9 Å². The minimum atomic E-state index is -0.815. The normalized spacial score (nSPS) is 22.3. The van der Waals surface area contributed by atoms with Gasteiger partial charge in [-0.15, -0.1) is 0 Å². The van der Waals surface area contributed by atoms with Crippen molar-refractivity contribution in [3.8, 4) is 0 Å². The SMILES string of the molecule is Cc1cc(C)nc(NC(=O)C2CCCC(C(=O)O)C2)n1. The van der Waals surface area contributed by atoms with Crippen molar-refractivity contribution >= 4 is 17.8 Å². The Kier molecular flexibility index (Phi) is 4.32. The minimum Gasteiger partial charge on any atom is -0.481 e. The van der Waals surface area contributed by atoms with Crippen LogP contribution in [-0.4, -0.2) is 27.0 Å². The van der Waals surface area contributed by atoms with Crippen molar-refractivity contribution in [2.45, 2.75) is 39.5 Å². The van der Waals surface area contributed by atoms with E-state index in [0.29, 0.717) is 18.8 Å². The molecule has 0 aliphatic heterocycles. The van der Waals surface area contributed by atoms with E-state index in [9.17, 15) is 9.59 Å². The largest absolute Gasteiger partial charge is 0.481 e. The van der Waals surface area contributed by atoms with Gasteiger partial charge in [0, 0.05) is 17.3 Å². The summed E-state index contributed by atoms with van der Waals surface area (Å²) in [5, 5.41) is 11.7. The van der Waals surface area contributed by atoms with Gasteiger partial charge >= 0.3 is 5.97 Å². The lowest BCUT2D eigenvalue weighted by atomic mass is 9.81. The van der Waals surface area contributed by atoms with Gasteiger partial charge in [-0.25, -0.2) is 9.97 Å². The van der Waals surface area contributed by atoms with Crippen LogP contribution in [0.2, 0.25) is 0 Å². The molecule has 1 aromatic heterocycles. The van der Waals surface area contributed by atoms with Crippen LogP contribution in [0.25, 0.3) is 0 Å². The van der Waals surface area contributed by atoms with E-state index in [1.165, 1.54) is 0 Å². The summed E-state index contributed by atoms with van der Waals surface area (Å²) in [6, 6.07) is 1.83. The van der Waals surface area contributed by atoms with Crippen molar-refractivity contribution < 1.29 is 14.7 Å². The smallest absolute Gasteiger partial charge is 0.306 e. The molecule has 0 radical (unpaired) electrons. The Bertz CT molecular complexity index is 510. The Balaban J connectivity index is 2.02. The van der Waals surface area contributed by atoms with Crippen LogP contribution in [-0.2, 0) is 9.59 Å². The fourth-order valence-corrected chi connectivity index (χ4v) is 2.65. The quantitative estimate of drug-likeness (QED) is 0.880. The van der Waals surface area contributed by atoms with Gasteiger partial charge in [-0.1, -0.05) is 6.42 Å². The fraction of sp³-hybridized carbons (Fsp3) is 0.571. The molecule has 0 saturated heterocycles. The number of carbonyl (C=O) groups excluding carboxylic acids is 1. The highest BCUT2D eigenvalue weighted by Gasteiger charge is 2.31. The average molecular weight is 277 g/mol. The van der Waals surface area contributed by atoms with Gasteiger partial charge in [-0.2, -0.15) is 0 Å². The molecular formula is C14H19N3O3. The number of aryl methyl sites for hydroxylation is 2. The van der Waals surface area contributed by atoms with Crippen LogP contribution in [0, 0.1) is 25.7 Å². The van der Waals surface area contributed by atoms with Crippen LogP contribution in [0.1, 0.15) is 37.1 Å². The van der Waals surface area contributed by atoms with E-state index in [0.717, 1.165) is 24.2 Å². The van der Waals surface area contributed by atoms with Crippen molar-refractivity contribution in [2.24, 2.45) is 11.8 Å². The van der Waals surface area contributed by atoms with E-state index in [4.69, 9.17) is 5.11 Å². The Labute approximate surface area is 117 Å². The van der Waals surface area contributed by atoms with Crippen LogP contribution in [0.5, 0.6) is 0 Å². The summed E-state index contributed by atoms with van der Waals surface area (Å²) in [6.07, 6.45) is 2.54. The summed E-state index contributed by atoms with van der Waals surface area (Å²) in [6.45, 7) is 3.68. The number of aliphatic carboxylic acids is 1. The third-order valence-corrected chi connectivity index (χ3v) is 3.61. The predicted molar refractivity (Wildman–Crippen MR) is 73.2 cm³/mol. The number of hydrogen-bond acceptors (Lipinski definition) is 4. The highest BCUT2D eigenvalue weighted by atomic mass is 16.4. The number of aromatic nitrogens is 2. The number of nitrogens with one attached hydrogen (secondary N) is 1. The maximum absolute atomic E-state index is 12.2. The molecule has 2 rings (SSSR count). The second-order valence-corrected chi connectivity index (χ2v) is 5.36. The summed E-state index contributed by atoms with van der Waals surface area (Å²) in [4.78, 5) is 31.5. The first-order valence-electron chi connectivity index (χ1n) is 6.81. The van der Waals surface area contributed by atoms with Crippen molar-refractivity contribution in [3.63, 3.8) is 0 Å². The molecule has 1 heterocycles. The lowest BCUT2D eigenvalue weighted by Crippen LogP contribution is -2.31. The molecule has 108 valence electrons. The summed E-state index contributed by atoms with van der Waals surface area (Å²) in [5.41, 5.74) is 1.58. The van der Waals surface area contributed by atoms with Gasteiger partial charge in [0.1, 0.15) is 0 Å². The number of carboxylic acids is 1. The molecule has 0 spiro atoms. The zero-order chi connectivity index (χ0) is 14.7. The average Bonchev–Trinajstić information content (AvgIpc) is 2.37. The predicted octanol–water partition coefficient (Wildman–Crippen LogP) is 1.92. The number of nitrogens with zero attached hydrogens (tertiary/aromatic N) is 2. The molecule has 1 aliphatic carbocycles. The Morgan fingerprint density at radius 3 is 2.40 bits per heavy atom. The molecule has 1 fully saturated rings. The summed E-state index contributed by atoms with van der Waals surface area (Å²) in [5.74, 6) is -1.38. The number of amides is 1. The minimum absolute atomic E-state index is 0.180.